The van der Waals surface area contributed by atoms with E-state index in [4.69, 9.17) is 0 Å². The zero-order chi connectivity index (χ0) is 21.7. The Kier molecular flexibility index (Phi) is 6.92. The minimum absolute atomic E-state index is 0.0340. The first-order valence-corrected chi connectivity index (χ1v) is 10.4. The maximum Gasteiger partial charge on any atom is 0.252 e. The zero-order valence-electron chi connectivity index (χ0n) is 17.9. The van der Waals surface area contributed by atoms with Crippen LogP contribution in [0.4, 0.5) is 5.69 Å². The third-order valence-corrected chi connectivity index (χ3v) is 5.38. The molecular weight excluding hydrogens is 380 g/mol. The van der Waals surface area contributed by atoms with Gasteiger partial charge in [0.25, 0.3) is 11.5 Å². The van der Waals surface area contributed by atoms with E-state index in [1.807, 2.05) is 25.9 Å². The van der Waals surface area contributed by atoms with Crippen molar-refractivity contribution in [1.82, 2.24) is 14.8 Å². The zero-order valence-corrected chi connectivity index (χ0v) is 17.9. The van der Waals surface area contributed by atoms with Crippen molar-refractivity contribution in [3.05, 3.63) is 64.1 Å². The van der Waals surface area contributed by atoms with Crippen molar-refractivity contribution >= 4 is 17.5 Å². The Bertz CT molecular complexity index is 944. The summed E-state index contributed by atoms with van der Waals surface area (Å²) in [4.78, 5) is 41.0. The highest BCUT2D eigenvalue weighted by molar-refractivity contribution is 5.94. The predicted molar refractivity (Wildman–Crippen MR) is 118 cm³/mol. The number of carbonyl (C=O) groups excluding carboxylic acids is 2. The molecule has 0 spiro atoms. The lowest BCUT2D eigenvalue weighted by Crippen LogP contribution is -2.36. The van der Waals surface area contributed by atoms with Crippen LogP contribution in [0.3, 0.4) is 0 Å². The summed E-state index contributed by atoms with van der Waals surface area (Å²) in [5, 5.41) is 2.98. The SMILES string of the molecule is CC(Cc1ccc(N(C)C)cc1)NC(=O)c1ccc(=O)n(CC(=O)N2CCCC2)c1. The molecule has 0 bridgehead atoms. The fourth-order valence-corrected chi connectivity index (χ4v) is 3.64. The lowest BCUT2D eigenvalue weighted by Gasteiger charge is -2.17. The van der Waals surface area contributed by atoms with Crippen molar-refractivity contribution in [2.75, 3.05) is 32.1 Å². The number of nitrogens with zero attached hydrogens (tertiary/aromatic N) is 3. The average molecular weight is 411 g/mol. The Morgan fingerprint density at radius 1 is 1.07 bits per heavy atom. The van der Waals surface area contributed by atoms with Gasteiger partial charge in [-0.3, -0.25) is 14.4 Å². The molecule has 0 saturated carbocycles. The third kappa shape index (κ3) is 5.49. The van der Waals surface area contributed by atoms with Crippen LogP contribution in [0.1, 0.15) is 35.7 Å². The molecule has 7 heteroatoms. The Morgan fingerprint density at radius 2 is 1.73 bits per heavy atom. The van der Waals surface area contributed by atoms with Crippen LogP contribution in [0, 0.1) is 0 Å². The maximum absolute atomic E-state index is 12.7. The number of rotatable bonds is 7. The summed E-state index contributed by atoms with van der Waals surface area (Å²) in [6.07, 6.45) is 4.18. The highest BCUT2D eigenvalue weighted by atomic mass is 16.2. The van der Waals surface area contributed by atoms with E-state index >= 15 is 0 Å². The first-order valence-electron chi connectivity index (χ1n) is 10.4. The fourth-order valence-electron chi connectivity index (χ4n) is 3.64. The van der Waals surface area contributed by atoms with Crippen molar-refractivity contribution in [3.63, 3.8) is 0 Å². The van der Waals surface area contributed by atoms with E-state index in [1.54, 1.807) is 4.90 Å². The number of likely N-dealkylation sites (tertiary alicyclic amines) is 1. The summed E-state index contributed by atoms with van der Waals surface area (Å²) in [7, 11) is 3.99. The van der Waals surface area contributed by atoms with Crippen molar-refractivity contribution in [2.45, 2.75) is 38.8 Å². The van der Waals surface area contributed by atoms with Crippen LogP contribution >= 0.6 is 0 Å². The number of benzene rings is 1. The number of hydrogen-bond acceptors (Lipinski definition) is 4. The van der Waals surface area contributed by atoms with E-state index in [0.717, 1.165) is 37.2 Å². The smallest absolute Gasteiger partial charge is 0.252 e. The van der Waals surface area contributed by atoms with E-state index in [0.29, 0.717) is 12.0 Å². The molecule has 1 saturated heterocycles. The molecule has 1 aromatic carbocycles. The molecule has 160 valence electrons. The molecule has 1 aliphatic rings. The van der Waals surface area contributed by atoms with E-state index in [9.17, 15) is 14.4 Å². The first kappa shape index (κ1) is 21.6. The van der Waals surface area contributed by atoms with Crippen molar-refractivity contribution in [2.24, 2.45) is 0 Å². The topological polar surface area (TPSA) is 74.6 Å². The van der Waals surface area contributed by atoms with Crippen molar-refractivity contribution in [3.8, 4) is 0 Å². The predicted octanol–water partition coefficient (Wildman–Crippen LogP) is 1.90. The second kappa shape index (κ2) is 9.61. The Morgan fingerprint density at radius 3 is 2.37 bits per heavy atom. The van der Waals surface area contributed by atoms with Gasteiger partial charge in [0.2, 0.25) is 5.91 Å². The molecule has 2 heterocycles. The molecule has 1 aliphatic heterocycles. The number of pyridine rings is 1. The van der Waals surface area contributed by atoms with E-state index < -0.39 is 0 Å². The minimum atomic E-state index is -0.284. The summed E-state index contributed by atoms with van der Waals surface area (Å²) < 4.78 is 1.32. The summed E-state index contributed by atoms with van der Waals surface area (Å²) in [6, 6.07) is 11.0. The second-order valence-corrected chi connectivity index (χ2v) is 8.11. The van der Waals surface area contributed by atoms with E-state index in [-0.39, 0.29) is 30.0 Å². The first-order chi connectivity index (χ1) is 14.3. The summed E-state index contributed by atoms with van der Waals surface area (Å²) in [5.41, 5.74) is 2.35. The van der Waals surface area contributed by atoms with Crippen LogP contribution in [0.15, 0.2) is 47.4 Å². The molecule has 0 radical (unpaired) electrons. The summed E-state index contributed by atoms with van der Waals surface area (Å²) in [6.45, 7) is 3.39. The van der Waals surface area contributed by atoms with E-state index in [2.05, 4.69) is 29.6 Å². The van der Waals surface area contributed by atoms with Gasteiger partial charge in [0.05, 0.1) is 5.56 Å². The average Bonchev–Trinajstić information content (AvgIpc) is 3.25. The number of carbonyl (C=O) groups is 2. The summed E-state index contributed by atoms with van der Waals surface area (Å²) in [5.74, 6) is -0.337. The second-order valence-electron chi connectivity index (χ2n) is 8.11. The van der Waals surface area contributed by atoms with Crippen LogP contribution in [-0.2, 0) is 17.8 Å². The van der Waals surface area contributed by atoms with Gasteiger partial charge in [-0.15, -0.1) is 0 Å². The highest BCUT2D eigenvalue weighted by Gasteiger charge is 2.19. The molecule has 1 atom stereocenters. The molecule has 1 aromatic heterocycles. The molecular formula is C23H30N4O3. The van der Waals surface area contributed by atoms with Crippen LogP contribution < -0.4 is 15.8 Å². The number of nitrogens with one attached hydrogen (secondary N) is 1. The van der Waals surface area contributed by atoms with Crippen LogP contribution in [0.2, 0.25) is 0 Å². The maximum atomic E-state index is 12.7. The highest BCUT2D eigenvalue weighted by Crippen LogP contribution is 2.14. The lowest BCUT2D eigenvalue weighted by molar-refractivity contribution is -0.130. The van der Waals surface area contributed by atoms with E-state index in [1.165, 1.54) is 22.9 Å². The van der Waals surface area contributed by atoms with Gasteiger partial charge < -0.3 is 19.7 Å². The van der Waals surface area contributed by atoms with Crippen LogP contribution in [0.25, 0.3) is 0 Å². The summed E-state index contributed by atoms with van der Waals surface area (Å²) >= 11 is 0. The van der Waals surface area contributed by atoms with Gasteiger partial charge >= 0.3 is 0 Å². The normalized spacial score (nSPS) is 14.4. The minimum Gasteiger partial charge on any atom is -0.378 e. The van der Waals surface area contributed by atoms with Crippen LogP contribution in [0.5, 0.6) is 0 Å². The molecule has 3 rings (SSSR count). The number of amides is 2. The van der Waals surface area contributed by atoms with Gasteiger partial charge in [-0.1, -0.05) is 12.1 Å². The van der Waals surface area contributed by atoms with Gasteiger partial charge in [-0.25, -0.2) is 0 Å². The molecule has 0 aliphatic carbocycles. The third-order valence-electron chi connectivity index (χ3n) is 5.38. The van der Waals surface area contributed by atoms with Gasteiger partial charge in [0, 0.05) is 51.2 Å². The largest absolute Gasteiger partial charge is 0.378 e. The monoisotopic (exact) mass is 410 g/mol. The number of aromatic nitrogens is 1. The molecule has 1 N–H and O–H groups in total. The fraction of sp³-hybridized carbons (Fsp3) is 0.435. The molecule has 1 fully saturated rings. The number of anilines is 1. The van der Waals surface area contributed by atoms with Crippen molar-refractivity contribution < 1.29 is 9.59 Å². The quantitative estimate of drug-likeness (QED) is 0.757. The molecule has 2 amide bonds. The molecule has 2 aromatic rings. The van der Waals surface area contributed by atoms with Gasteiger partial charge in [0.15, 0.2) is 0 Å². The standard InChI is InChI=1S/C23H30N4O3/c1-17(14-18-6-9-20(10-7-18)25(2)3)24-23(30)19-8-11-21(28)27(15-19)16-22(29)26-12-4-5-13-26/h6-11,15,17H,4-5,12-14,16H2,1-3H3,(H,24,30). The van der Waals surface area contributed by atoms with Crippen molar-refractivity contribution in [1.29, 1.82) is 0 Å². The molecule has 7 nitrogen and oxygen atoms in total. The van der Waals surface area contributed by atoms with Gasteiger partial charge in [0.1, 0.15) is 6.54 Å². The molecule has 30 heavy (non-hydrogen) atoms. The van der Waals surface area contributed by atoms with Gasteiger partial charge in [-0.05, 0) is 49.9 Å². The number of hydrogen-bond donors (Lipinski definition) is 1. The molecule has 1 unspecified atom stereocenters. The Hall–Kier alpha value is -3.09. The van der Waals surface area contributed by atoms with Crippen LogP contribution in [-0.4, -0.2) is 54.5 Å². The van der Waals surface area contributed by atoms with Gasteiger partial charge in [-0.2, -0.15) is 0 Å². The lowest BCUT2D eigenvalue weighted by atomic mass is 10.1. The Labute approximate surface area is 177 Å². The Balaban J connectivity index is 1.61.